The van der Waals surface area contributed by atoms with Crippen molar-refractivity contribution < 1.29 is 0 Å². The minimum atomic E-state index is 0.760. The molecule has 0 atom stereocenters. The first-order valence-electron chi connectivity index (χ1n) is 6.68. The number of rotatable bonds is 8. The van der Waals surface area contributed by atoms with E-state index in [1.165, 1.54) is 44.9 Å². The van der Waals surface area contributed by atoms with Gasteiger partial charge in [0, 0.05) is 5.75 Å². The number of fused-ring (bicyclic) bond motifs is 1. The van der Waals surface area contributed by atoms with E-state index >= 15 is 0 Å². The van der Waals surface area contributed by atoms with Crippen molar-refractivity contribution in [3.05, 3.63) is 12.5 Å². The summed E-state index contributed by atoms with van der Waals surface area (Å²) in [6, 6.07) is 0. The fourth-order valence-corrected chi connectivity index (χ4v) is 2.73. The summed E-state index contributed by atoms with van der Waals surface area (Å²) >= 11 is 1.78. The van der Waals surface area contributed by atoms with E-state index < -0.39 is 0 Å². The summed E-state index contributed by atoms with van der Waals surface area (Å²) in [4.78, 5) is 15.7. The minimum Gasteiger partial charge on any atom is -0.330 e. The molecular weight excluding hydrogens is 244 g/mol. The zero-order valence-corrected chi connectivity index (χ0v) is 11.7. The number of imidazole rings is 1. The Morgan fingerprint density at radius 3 is 2.83 bits per heavy atom. The monoisotopic (exact) mass is 264 g/mol. The molecule has 0 amide bonds. The number of hydrogen-bond acceptors (Lipinski definition) is 4. The third-order valence-electron chi connectivity index (χ3n) is 2.88. The lowest BCUT2D eigenvalue weighted by molar-refractivity contribution is 0.627. The minimum absolute atomic E-state index is 0.760. The number of H-pyrrole nitrogens is 1. The van der Waals surface area contributed by atoms with Crippen LogP contribution in [0.1, 0.15) is 45.4 Å². The highest BCUT2D eigenvalue weighted by Gasteiger charge is 2.03. The Labute approximate surface area is 112 Å². The average molecular weight is 264 g/mol. The van der Waals surface area contributed by atoms with E-state index in [0.717, 1.165) is 22.1 Å². The van der Waals surface area contributed by atoms with E-state index in [1.54, 1.807) is 18.0 Å². The van der Waals surface area contributed by atoms with E-state index in [2.05, 4.69) is 26.9 Å². The molecule has 2 heterocycles. The van der Waals surface area contributed by atoms with Gasteiger partial charge >= 0.3 is 0 Å². The van der Waals surface area contributed by atoms with Crippen LogP contribution in [0.15, 0.2) is 17.7 Å². The van der Waals surface area contributed by atoms with Crippen LogP contribution < -0.4 is 0 Å². The van der Waals surface area contributed by atoms with Crippen LogP contribution in [0, 0.1) is 0 Å². The number of nitrogens with zero attached hydrogens (tertiary/aromatic N) is 3. The van der Waals surface area contributed by atoms with Gasteiger partial charge < -0.3 is 4.98 Å². The van der Waals surface area contributed by atoms with E-state index in [-0.39, 0.29) is 0 Å². The summed E-state index contributed by atoms with van der Waals surface area (Å²) in [6.07, 6.45) is 11.3. The number of unbranched alkanes of at least 4 members (excludes halogenated alkanes) is 5. The Morgan fingerprint density at radius 1 is 1.17 bits per heavy atom. The Bertz CT molecular complexity index is 436. The van der Waals surface area contributed by atoms with Gasteiger partial charge in [-0.3, -0.25) is 0 Å². The van der Waals surface area contributed by atoms with Crippen LogP contribution in [-0.4, -0.2) is 25.7 Å². The molecule has 1 N–H and O–H groups in total. The predicted octanol–water partition coefficient (Wildman–Crippen LogP) is 3.81. The second-order valence-electron chi connectivity index (χ2n) is 4.42. The normalized spacial score (nSPS) is 11.2. The van der Waals surface area contributed by atoms with Crippen LogP contribution >= 0.6 is 11.8 Å². The Balaban J connectivity index is 1.67. The third-order valence-corrected chi connectivity index (χ3v) is 3.84. The molecule has 18 heavy (non-hydrogen) atoms. The van der Waals surface area contributed by atoms with Gasteiger partial charge in [0.1, 0.15) is 11.8 Å². The zero-order valence-electron chi connectivity index (χ0n) is 10.9. The molecule has 98 valence electrons. The maximum Gasteiger partial charge on any atom is 0.181 e. The topological polar surface area (TPSA) is 54.5 Å². The largest absolute Gasteiger partial charge is 0.330 e. The van der Waals surface area contributed by atoms with Crippen LogP contribution in [0.3, 0.4) is 0 Å². The van der Waals surface area contributed by atoms with E-state index in [9.17, 15) is 0 Å². The summed E-state index contributed by atoms with van der Waals surface area (Å²) in [7, 11) is 0. The van der Waals surface area contributed by atoms with Gasteiger partial charge in [0.2, 0.25) is 0 Å². The van der Waals surface area contributed by atoms with Crippen molar-refractivity contribution in [3.63, 3.8) is 0 Å². The van der Waals surface area contributed by atoms with Gasteiger partial charge in [0.15, 0.2) is 10.8 Å². The molecule has 2 rings (SSSR count). The molecule has 0 spiro atoms. The van der Waals surface area contributed by atoms with Crippen LogP contribution in [-0.2, 0) is 0 Å². The lowest BCUT2D eigenvalue weighted by Crippen LogP contribution is -1.83. The van der Waals surface area contributed by atoms with Crippen molar-refractivity contribution in [2.75, 3.05) is 5.75 Å². The first-order valence-corrected chi connectivity index (χ1v) is 7.67. The summed E-state index contributed by atoms with van der Waals surface area (Å²) in [6.45, 7) is 2.25. The SMILES string of the molecule is CCCCCCCCSc1nc2ncncc2[nH]1. The molecule has 0 fully saturated rings. The highest BCUT2D eigenvalue weighted by atomic mass is 32.2. The number of nitrogens with one attached hydrogen (secondary N) is 1. The predicted molar refractivity (Wildman–Crippen MR) is 75.8 cm³/mol. The number of aromatic amines is 1. The lowest BCUT2D eigenvalue weighted by atomic mass is 10.1. The molecule has 0 radical (unpaired) electrons. The van der Waals surface area contributed by atoms with Gasteiger partial charge in [-0.25, -0.2) is 15.0 Å². The number of thioether (sulfide) groups is 1. The van der Waals surface area contributed by atoms with E-state index in [0.29, 0.717) is 0 Å². The van der Waals surface area contributed by atoms with Crippen LogP contribution in [0.25, 0.3) is 11.2 Å². The first-order chi connectivity index (χ1) is 8.90. The second kappa shape index (κ2) is 7.36. The molecule has 0 unspecified atom stereocenters. The summed E-state index contributed by atoms with van der Waals surface area (Å²) in [5, 5.41) is 0.957. The van der Waals surface area contributed by atoms with Gasteiger partial charge in [-0.1, -0.05) is 50.8 Å². The summed E-state index contributed by atoms with van der Waals surface area (Å²) in [5.74, 6) is 1.12. The van der Waals surface area contributed by atoms with Crippen molar-refractivity contribution in [1.29, 1.82) is 0 Å². The summed E-state index contributed by atoms with van der Waals surface area (Å²) in [5.41, 5.74) is 1.68. The molecule has 2 aromatic rings. The molecule has 0 saturated carbocycles. The zero-order chi connectivity index (χ0) is 12.6. The van der Waals surface area contributed by atoms with Crippen LogP contribution in [0.5, 0.6) is 0 Å². The first kappa shape index (κ1) is 13.3. The van der Waals surface area contributed by atoms with Gasteiger partial charge in [0.25, 0.3) is 0 Å². The van der Waals surface area contributed by atoms with Gasteiger partial charge in [-0.2, -0.15) is 0 Å². The Kier molecular flexibility index (Phi) is 5.45. The molecule has 0 aliphatic rings. The third kappa shape index (κ3) is 3.98. The van der Waals surface area contributed by atoms with Crippen molar-refractivity contribution >= 4 is 22.9 Å². The molecular formula is C13H20N4S. The smallest absolute Gasteiger partial charge is 0.181 e. The lowest BCUT2D eigenvalue weighted by Gasteiger charge is -1.99. The van der Waals surface area contributed by atoms with Gasteiger partial charge in [-0.05, 0) is 6.42 Å². The maximum absolute atomic E-state index is 4.42. The molecule has 0 saturated heterocycles. The fraction of sp³-hybridized carbons (Fsp3) is 0.615. The molecule has 0 aromatic carbocycles. The van der Waals surface area contributed by atoms with E-state index in [4.69, 9.17) is 0 Å². The fourth-order valence-electron chi connectivity index (χ4n) is 1.86. The number of hydrogen-bond donors (Lipinski definition) is 1. The standard InChI is InChI=1S/C13H20N4S/c1-2-3-4-5-6-7-8-18-13-16-11-9-14-10-15-12(11)17-13/h9-10H,2-8H2,1H3,(H,14,15,16,17). The van der Waals surface area contributed by atoms with Crippen molar-refractivity contribution in [3.8, 4) is 0 Å². The average Bonchev–Trinajstić information content (AvgIpc) is 2.80. The Hall–Kier alpha value is -1.10. The number of aromatic nitrogens is 4. The Morgan fingerprint density at radius 2 is 2.00 bits per heavy atom. The van der Waals surface area contributed by atoms with E-state index in [1.807, 2.05) is 0 Å². The van der Waals surface area contributed by atoms with Crippen molar-refractivity contribution in [2.24, 2.45) is 0 Å². The summed E-state index contributed by atoms with van der Waals surface area (Å²) < 4.78 is 0. The molecule has 4 nitrogen and oxygen atoms in total. The molecule has 0 bridgehead atoms. The molecule has 0 aliphatic heterocycles. The van der Waals surface area contributed by atoms with Gasteiger partial charge in [0.05, 0.1) is 6.20 Å². The van der Waals surface area contributed by atoms with Crippen LogP contribution in [0.2, 0.25) is 0 Å². The second-order valence-corrected chi connectivity index (χ2v) is 5.50. The van der Waals surface area contributed by atoms with Crippen molar-refractivity contribution in [2.45, 2.75) is 50.6 Å². The highest BCUT2D eigenvalue weighted by Crippen LogP contribution is 2.19. The molecule has 5 heteroatoms. The molecule has 2 aromatic heterocycles. The van der Waals surface area contributed by atoms with Crippen molar-refractivity contribution in [1.82, 2.24) is 19.9 Å². The maximum atomic E-state index is 4.42. The van der Waals surface area contributed by atoms with Gasteiger partial charge in [-0.15, -0.1) is 0 Å². The highest BCUT2D eigenvalue weighted by molar-refractivity contribution is 7.99. The van der Waals surface area contributed by atoms with Crippen LogP contribution in [0.4, 0.5) is 0 Å². The molecule has 0 aliphatic carbocycles. The quantitative estimate of drug-likeness (QED) is 0.582.